The lowest BCUT2D eigenvalue weighted by Gasteiger charge is -2.11. The standard InChI is InChI=1S/C37H25NO/c1-24-10-9-17-36-37(24)32-23-27(19-21-35(32)39-36)38-33-16-8-7-15-30(33)31-22-26(18-20-34(31)38)29-14-6-5-13-28(29)25-11-3-2-4-12-25/h2-23H,1H3. The van der Waals surface area contributed by atoms with Crippen LogP contribution in [-0.4, -0.2) is 4.57 Å². The minimum atomic E-state index is 0.920. The quantitative estimate of drug-likeness (QED) is 0.236. The van der Waals surface area contributed by atoms with E-state index in [-0.39, 0.29) is 0 Å². The van der Waals surface area contributed by atoms with Crippen molar-refractivity contribution in [2.24, 2.45) is 0 Å². The number of fused-ring (bicyclic) bond motifs is 6. The minimum absolute atomic E-state index is 0.920. The van der Waals surface area contributed by atoms with Gasteiger partial charge in [0.1, 0.15) is 11.2 Å². The van der Waals surface area contributed by atoms with E-state index in [1.165, 1.54) is 55.0 Å². The molecule has 0 unspecified atom stereocenters. The molecule has 39 heavy (non-hydrogen) atoms. The summed E-state index contributed by atoms with van der Waals surface area (Å²) in [5.74, 6) is 0. The smallest absolute Gasteiger partial charge is 0.135 e. The molecule has 0 aliphatic carbocycles. The maximum absolute atomic E-state index is 6.18. The van der Waals surface area contributed by atoms with E-state index in [4.69, 9.17) is 4.42 Å². The molecule has 0 fully saturated rings. The van der Waals surface area contributed by atoms with E-state index >= 15 is 0 Å². The van der Waals surface area contributed by atoms with Gasteiger partial charge in [-0.25, -0.2) is 0 Å². The molecule has 2 heterocycles. The first-order valence-electron chi connectivity index (χ1n) is 13.4. The first-order chi connectivity index (χ1) is 19.3. The zero-order valence-electron chi connectivity index (χ0n) is 21.6. The average molecular weight is 500 g/mol. The van der Waals surface area contributed by atoms with Gasteiger partial charge >= 0.3 is 0 Å². The van der Waals surface area contributed by atoms with Gasteiger partial charge in [0, 0.05) is 27.2 Å². The fourth-order valence-corrected chi connectivity index (χ4v) is 6.15. The lowest BCUT2D eigenvalue weighted by molar-refractivity contribution is 0.668. The Balaban J connectivity index is 1.38. The van der Waals surface area contributed by atoms with E-state index < -0.39 is 0 Å². The summed E-state index contributed by atoms with van der Waals surface area (Å²) in [5, 5.41) is 4.84. The second-order valence-electron chi connectivity index (χ2n) is 10.2. The SMILES string of the molecule is Cc1cccc2oc3ccc(-n4c5ccccc5c5cc(-c6ccccc6-c6ccccc6)ccc54)cc3c12. The van der Waals surface area contributed by atoms with Gasteiger partial charge in [0.05, 0.1) is 11.0 Å². The number of rotatable bonds is 3. The second-order valence-corrected chi connectivity index (χ2v) is 10.2. The maximum atomic E-state index is 6.18. The van der Waals surface area contributed by atoms with Crippen molar-refractivity contribution in [3.05, 3.63) is 139 Å². The van der Waals surface area contributed by atoms with E-state index in [0.29, 0.717) is 0 Å². The fourth-order valence-electron chi connectivity index (χ4n) is 6.15. The van der Waals surface area contributed by atoms with Crippen LogP contribution in [-0.2, 0) is 0 Å². The van der Waals surface area contributed by atoms with Gasteiger partial charge in [-0.15, -0.1) is 0 Å². The number of para-hydroxylation sites is 1. The molecule has 0 spiro atoms. The summed E-state index contributed by atoms with van der Waals surface area (Å²) in [4.78, 5) is 0. The van der Waals surface area contributed by atoms with Crippen molar-refractivity contribution in [3.8, 4) is 27.9 Å². The van der Waals surface area contributed by atoms with E-state index in [0.717, 1.165) is 22.2 Å². The topological polar surface area (TPSA) is 18.1 Å². The molecule has 8 aromatic rings. The van der Waals surface area contributed by atoms with Gasteiger partial charge in [-0.05, 0) is 77.2 Å². The van der Waals surface area contributed by atoms with Crippen molar-refractivity contribution in [2.45, 2.75) is 6.92 Å². The number of benzene rings is 6. The first kappa shape index (κ1) is 22.0. The van der Waals surface area contributed by atoms with Crippen molar-refractivity contribution in [1.82, 2.24) is 4.57 Å². The molecule has 0 N–H and O–H groups in total. The highest BCUT2D eigenvalue weighted by Crippen LogP contribution is 2.39. The Morgan fingerprint density at radius 2 is 1.23 bits per heavy atom. The summed E-state index contributed by atoms with van der Waals surface area (Å²) in [5.41, 5.74) is 11.5. The van der Waals surface area contributed by atoms with Crippen LogP contribution in [0.4, 0.5) is 0 Å². The molecule has 0 saturated carbocycles. The van der Waals surface area contributed by atoms with Crippen molar-refractivity contribution >= 4 is 43.7 Å². The zero-order chi connectivity index (χ0) is 25.9. The molecule has 2 nitrogen and oxygen atoms in total. The molecule has 0 atom stereocenters. The predicted octanol–water partition coefficient (Wildman–Crippen LogP) is 10.3. The van der Waals surface area contributed by atoms with E-state index in [2.05, 4.69) is 145 Å². The molecule has 2 aromatic heterocycles. The summed E-state index contributed by atoms with van der Waals surface area (Å²) in [6.45, 7) is 2.15. The van der Waals surface area contributed by atoms with Crippen molar-refractivity contribution in [3.63, 3.8) is 0 Å². The van der Waals surface area contributed by atoms with Crippen molar-refractivity contribution in [1.29, 1.82) is 0 Å². The molecule has 0 saturated heterocycles. The number of hydrogen-bond donors (Lipinski definition) is 0. The predicted molar refractivity (Wildman–Crippen MR) is 164 cm³/mol. The third kappa shape index (κ3) is 3.35. The molecule has 184 valence electrons. The van der Waals surface area contributed by atoms with Gasteiger partial charge in [-0.3, -0.25) is 0 Å². The summed E-state index contributed by atoms with van der Waals surface area (Å²) >= 11 is 0. The third-order valence-corrected chi connectivity index (χ3v) is 7.94. The Bertz CT molecular complexity index is 2180. The highest BCUT2D eigenvalue weighted by Gasteiger charge is 2.16. The molecule has 0 aliphatic heterocycles. The first-order valence-corrected chi connectivity index (χ1v) is 13.4. The summed E-state index contributed by atoms with van der Waals surface area (Å²) in [6.07, 6.45) is 0. The monoisotopic (exact) mass is 499 g/mol. The number of nitrogens with zero attached hydrogens (tertiary/aromatic N) is 1. The van der Waals surface area contributed by atoms with Crippen LogP contribution in [0.2, 0.25) is 0 Å². The summed E-state index contributed by atoms with van der Waals surface area (Å²) in [6, 6.07) is 47.7. The Labute approximate surface area is 226 Å². The number of furan rings is 1. The van der Waals surface area contributed by atoms with Gasteiger partial charge in [0.25, 0.3) is 0 Å². The van der Waals surface area contributed by atoms with Gasteiger partial charge in [0.15, 0.2) is 0 Å². The molecular weight excluding hydrogens is 474 g/mol. The van der Waals surface area contributed by atoms with Crippen molar-refractivity contribution < 1.29 is 4.42 Å². The lowest BCUT2D eigenvalue weighted by Crippen LogP contribution is -1.93. The van der Waals surface area contributed by atoms with E-state index in [9.17, 15) is 0 Å². The largest absolute Gasteiger partial charge is 0.456 e. The molecule has 6 aromatic carbocycles. The number of aryl methyl sites for hydroxylation is 1. The maximum Gasteiger partial charge on any atom is 0.135 e. The van der Waals surface area contributed by atoms with Crippen molar-refractivity contribution in [2.75, 3.05) is 0 Å². The highest BCUT2D eigenvalue weighted by atomic mass is 16.3. The summed E-state index contributed by atoms with van der Waals surface area (Å²) in [7, 11) is 0. The van der Waals surface area contributed by atoms with Crippen LogP contribution in [0.1, 0.15) is 5.56 Å². The third-order valence-electron chi connectivity index (χ3n) is 7.94. The molecule has 0 radical (unpaired) electrons. The zero-order valence-corrected chi connectivity index (χ0v) is 21.6. The van der Waals surface area contributed by atoms with Gasteiger partial charge in [-0.1, -0.05) is 91.0 Å². The van der Waals surface area contributed by atoms with Crippen LogP contribution < -0.4 is 0 Å². The van der Waals surface area contributed by atoms with Gasteiger partial charge < -0.3 is 8.98 Å². The lowest BCUT2D eigenvalue weighted by atomic mass is 9.94. The Morgan fingerprint density at radius 3 is 2.10 bits per heavy atom. The minimum Gasteiger partial charge on any atom is -0.456 e. The van der Waals surface area contributed by atoms with Gasteiger partial charge in [-0.2, -0.15) is 0 Å². The number of hydrogen-bond acceptors (Lipinski definition) is 1. The normalized spacial score (nSPS) is 11.7. The molecule has 0 amide bonds. The molecule has 0 aliphatic rings. The molecule has 0 bridgehead atoms. The van der Waals surface area contributed by atoms with Crippen LogP contribution in [0, 0.1) is 6.92 Å². The van der Waals surface area contributed by atoms with Crippen LogP contribution >= 0.6 is 0 Å². The Hall–Kier alpha value is -5.08. The van der Waals surface area contributed by atoms with Crippen LogP contribution in [0.25, 0.3) is 71.7 Å². The Morgan fingerprint density at radius 1 is 0.487 bits per heavy atom. The summed E-state index contributed by atoms with van der Waals surface area (Å²) < 4.78 is 8.57. The van der Waals surface area contributed by atoms with Crippen LogP contribution in [0.3, 0.4) is 0 Å². The molecule has 2 heteroatoms. The van der Waals surface area contributed by atoms with Crippen LogP contribution in [0.5, 0.6) is 0 Å². The van der Waals surface area contributed by atoms with Gasteiger partial charge in [0.2, 0.25) is 0 Å². The second kappa shape index (κ2) is 8.47. The van der Waals surface area contributed by atoms with E-state index in [1.54, 1.807) is 0 Å². The highest BCUT2D eigenvalue weighted by molar-refractivity contribution is 6.12. The van der Waals surface area contributed by atoms with Crippen LogP contribution in [0.15, 0.2) is 138 Å². The fraction of sp³-hybridized carbons (Fsp3) is 0.0270. The Kier molecular flexibility index (Phi) is 4.77. The average Bonchev–Trinajstić information content (AvgIpc) is 3.53. The number of aromatic nitrogens is 1. The molecule has 8 rings (SSSR count). The van der Waals surface area contributed by atoms with E-state index in [1.807, 2.05) is 0 Å². The molecular formula is C37H25NO.